The molecule has 0 aliphatic heterocycles. The van der Waals surface area contributed by atoms with Gasteiger partial charge in [-0.05, 0) is 18.4 Å². The lowest BCUT2D eigenvalue weighted by Crippen LogP contribution is -2.17. The van der Waals surface area contributed by atoms with Crippen LogP contribution in [0.5, 0.6) is 0 Å². The number of nitrogens with zero attached hydrogens (tertiary/aromatic N) is 2. The zero-order chi connectivity index (χ0) is 11.9. The molecule has 16 heavy (non-hydrogen) atoms. The molecule has 0 radical (unpaired) electrons. The number of para-hydroxylation sites is 1. The number of aryl methyl sites for hydroxylation is 2. The van der Waals surface area contributed by atoms with E-state index in [2.05, 4.69) is 44.1 Å². The SMILES string of the molecule is Cc1cccc2c(C(N)C(C)C)nn(C)c12. The Kier molecular flexibility index (Phi) is 2.72. The molecule has 2 N–H and O–H groups in total. The maximum atomic E-state index is 6.19. The Morgan fingerprint density at radius 3 is 2.62 bits per heavy atom. The van der Waals surface area contributed by atoms with Crippen LogP contribution < -0.4 is 5.73 Å². The van der Waals surface area contributed by atoms with Crippen LogP contribution in [0.2, 0.25) is 0 Å². The average molecular weight is 217 g/mol. The van der Waals surface area contributed by atoms with Crippen LogP contribution in [0.15, 0.2) is 18.2 Å². The normalized spacial score (nSPS) is 13.6. The Morgan fingerprint density at radius 1 is 1.31 bits per heavy atom. The highest BCUT2D eigenvalue weighted by Gasteiger charge is 2.18. The summed E-state index contributed by atoms with van der Waals surface area (Å²) in [5, 5.41) is 5.75. The van der Waals surface area contributed by atoms with Crippen molar-refractivity contribution in [3.8, 4) is 0 Å². The molecule has 3 heteroatoms. The molecule has 0 amide bonds. The van der Waals surface area contributed by atoms with Crippen molar-refractivity contribution in [3.05, 3.63) is 29.5 Å². The lowest BCUT2D eigenvalue weighted by Gasteiger charge is -2.13. The van der Waals surface area contributed by atoms with Gasteiger partial charge in [-0.15, -0.1) is 0 Å². The molecule has 2 aromatic rings. The van der Waals surface area contributed by atoms with Crippen LogP contribution in [0.4, 0.5) is 0 Å². The van der Waals surface area contributed by atoms with E-state index >= 15 is 0 Å². The number of fused-ring (bicyclic) bond motifs is 1. The van der Waals surface area contributed by atoms with Crippen molar-refractivity contribution in [1.29, 1.82) is 0 Å². The van der Waals surface area contributed by atoms with Crippen LogP contribution in [0, 0.1) is 12.8 Å². The molecule has 0 saturated heterocycles. The zero-order valence-electron chi connectivity index (χ0n) is 10.4. The second-order valence-corrected chi connectivity index (χ2v) is 4.75. The van der Waals surface area contributed by atoms with Gasteiger partial charge in [0.05, 0.1) is 17.3 Å². The summed E-state index contributed by atoms with van der Waals surface area (Å²) in [5.74, 6) is 0.401. The Labute approximate surface area is 96.2 Å². The summed E-state index contributed by atoms with van der Waals surface area (Å²) in [6, 6.07) is 6.28. The van der Waals surface area contributed by atoms with Gasteiger partial charge in [0.1, 0.15) is 0 Å². The fourth-order valence-electron chi connectivity index (χ4n) is 2.12. The molecule has 1 unspecified atom stereocenters. The number of hydrogen-bond donors (Lipinski definition) is 1. The van der Waals surface area contributed by atoms with Crippen LogP contribution in [-0.2, 0) is 7.05 Å². The summed E-state index contributed by atoms with van der Waals surface area (Å²) in [5.41, 5.74) is 9.64. The van der Waals surface area contributed by atoms with Gasteiger partial charge in [-0.3, -0.25) is 4.68 Å². The molecule has 2 rings (SSSR count). The minimum atomic E-state index is 0.00509. The highest BCUT2D eigenvalue weighted by Crippen LogP contribution is 2.27. The highest BCUT2D eigenvalue weighted by atomic mass is 15.3. The molecule has 86 valence electrons. The first kappa shape index (κ1) is 11.1. The predicted molar refractivity (Wildman–Crippen MR) is 67.2 cm³/mol. The summed E-state index contributed by atoms with van der Waals surface area (Å²) in [6.45, 7) is 6.36. The standard InChI is InChI=1S/C13H19N3/c1-8(2)11(14)12-10-7-5-6-9(3)13(10)16(4)15-12/h5-8,11H,14H2,1-4H3. The number of hydrogen-bond acceptors (Lipinski definition) is 2. The summed E-state index contributed by atoms with van der Waals surface area (Å²) < 4.78 is 1.93. The second kappa shape index (κ2) is 3.91. The Bertz CT molecular complexity index is 511. The minimum absolute atomic E-state index is 0.00509. The number of rotatable bonds is 2. The molecule has 1 atom stereocenters. The summed E-state index contributed by atoms with van der Waals surface area (Å²) in [7, 11) is 1.98. The zero-order valence-corrected chi connectivity index (χ0v) is 10.4. The third kappa shape index (κ3) is 1.61. The van der Waals surface area contributed by atoms with E-state index in [1.807, 2.05) is 11.7 Å². The fourth-order valence-corrected chi connectivity index (χ4v) is 2.12. The average Bonchev–Trinajstić information content (AvgIpc) is 2.56. The Hall–Kier alpha value is -1.35. The molecular weight excluding hydrogens is 198 g/mol. The summed E-state index contributed by atoms with van der Waals surface area (Å²) >= 11 is 0. The maximum absolute atomic E-state index is 6.19. The molecule has 0 saturated carbocycles. The molecule has 0 bridgehead atoms. The second-order valence-electron chi connectivity index (χ2n) is 4.75. The van der Waals surface area contributed by atoms with Gasteiger partial charge < -0.3 is 5.73 Å². The van der Waals surface area contributed by atoms with Gasteiger partial charge in [0.25, 0.3) is 0 Å². The van der Waals surface area contributed by atoms with E-state index in [1.54, 1.807) is 0 Å². The van der Waals surface area contributed by atoms with Crippen LogP contribution in [-0.4, -0.2) is 9.78 Å². The summed E-state index contributed by atoms with van der Waals surface area (Å²) in [6.07, 6.45) is 0. The fraction of sp³-hybridized carbons (Fsp3) is 0.462. The van der Waals surface area contributed by atoms with Crippen LogP contribution in [0.3, 0.4) is 0 Å². The topological polar surface area (TPSA) is 43.8 Å². The van der Waals surface area contributed by atoms with Crippen molar-refractivity contribution in [3.63, 3.8) is 0 Å². The van der Waals surface area contributed by atoms with E-state index in [9.17, 15) is 0 Å². The Morgan fingerprint density at radius 2 is 2.00 bits per heavy atom. The largest absolute Gasteiger partial charge is 0.322 e. The van der Waals surface area contributed by atoms with Gasteiger partial charge in [0.15, 0.2) is 0 Å². The van der Waals surface area contributed by atoms with Gasteiger partial charge in [-0.2, -0.15) is 5.10 Å². The van der Waals surface area contributed by atoms with Crippen molar-refractivity contribution in [2.75, 3.05) is 0 Å². The number of aromatic nitrogens is 2. The number of nitrogens with two attached hydrogens (primary N) is 1. The lowest BCUT2D eigenvalue weighted by molar-refractivity contribution is 0.499. The van der Waals surface area contributed by atoms with Gasteiger partial charge in [0.2, 0.25) is 0 Å². The molecule has 0 fully saturated rings. The summed E-state index contributed by atoms with van der Waals surface area (Å²) in [4.78, 5) is 0. The molecule has 0 aliphatic carbocycles. The van der Waals surface area contributed by atoms with E-state index in [0.717, 1.165) is 5.69 Å². The molecule has 1 heterocycles. The smallest absolute Gasteiger partial charge is 0.0873 e. The van der Waals surface area contributed by atoms with E-state index < -0.39 is 0 Å². The monoisotopic (exact) mass is 217 g/mol. The molecule has 0 aliphatic rings. The van der Waals surface area contributed by atoms with Crippen molar-refractivity contribution in [1.82, 2.24) is 9.78 Å². The molecule has 3 nitrogen and oxygen atoms in total. The van der Waals surface area contributed by atoms with Gasteiger partial charge in [-0.1, -0.05) is 32.0 Å². The minimum Gasteiger partial charge on any atom is -0.322 e. The van der Waals surface area contributed by atoms with Crippen LogP contribution in [0.1, 0.15) is 31.1 Å². The van der Waals surface area contributed by atoms with Gasteiger partial charge in [-0.25, -0.2) is 0 Å². The first-order chi connectivity index (χ1) is 7.52. The maximum Gasteiger partial charge on any atom is 0.0873 e. The molecule has 1 aromatic carbocycles. The third-order valence-corrected chi connectivity index (χ3v) is 3.13. The highest BCUT2D eigenvalue weighted by molar-refractivity contribution is 5.85. The van der Waals surface area contributed by atoms with Gasteiger partial charge in [0, 0.05) is 12.4 Å². The van der Waals surface area contributed by atoms with Crippen LogP contribution >= 0.6 is 0 Å². The van der Waals surface area contributed by atoms with E-state index in [-0.39, 0.29) is 6.04 Å². The Balaban J connectivity index is 2.69. The molecule has 1 aromatic heterocycles. The predicted octanol–water partition coefficient (Wildman–Crippen LogP) is 2.54. The lowest BCUT2D eigenvalue weighted by atomic mass is 9.99. The number of benzene rings is 1. The van der Waals surface area contributed by atoms with Crippen molar-refractivity contribution < 1.29 is 0 Å². The first-order valence-electron chi connectivity index (χ1n) is 5.70. The van der Waals surface area contributed by atoms with E-state index in [1.165, 1.54) is 16.5 Å². The first-order valence-corrected chi connectivity index (χ1v) is 5.70. The molecular formula is C13H19N3. The van der Waals surface area contributed by atoms with E-state index in [0.29, 0.717) is 5.92 Å². The molecule has 0 spiro atoms. The van der Waals surface area contributed by atoms with E-state index in [4.69, 9.17) is 5.73 Å². The van der Waals surface area contributed by atoms with Gasteiger partial charge >= 0.3 is 0 Å². The quantitative estimate of drug-likeness (QED) is 0.840. The van der Waals surface area contributed by atoms with Crippen molar-refractivity contribution in [2.24, 2.45) is 18.7 Å². The third-order valence-electron chi connectivity index (χ3n) is 3.13. The van der Waals surface area contributed by atoms with Crippen LogP contribution in [0.25, 0.3) is 10.9 Å². The van der Waals surface area contributed by atoms with Crippen molar-refractivity contribution in [2.45, 2.75) is 26.8 Å². The van der Waals surface area contributed by atoms with Crippen molar-refractivity contribution >= 4 is 10.9 Å².